The lowest BCUT2D eigenvalue weighted by Gasteiger charge is -2.34. The van der Waals surface area contributed by atoms with Crippen molar-refractivity contribution in [3.05, 3.63) is 216 Å². The van der Waals surface area contributed by atoms with E-state index in [1.807, 2.05) is 0 Å². The van der Waals surface area contributed by atoms with Crippen LogP contribution in [0.1, 0.15) is 27.8 Å². The number of hydrogen-bond acceptors (Lipinski definition) is 0. The molecule has 0 saturated heterocycles. The Bertz CT molecular complexity index is 3760. The third kappa shape index (κ3) is 4.44. The molecular formula is C57H38BN3. The smallest absolute Gasteiger partial charge is 0.242 e. The first-order valence-electron chi connectivity index (χ1n) is 21.6. The number of fused-ring (bicyclic) bond motifs is 16. The standard InChI is InChI=1S/C57H38BN3/c1-35-27-29-46-38(31-35)32-36-15-14-16-37-33-39-34-42(28-30-47(39)58(46)54(36)37)61-50-26-13-10-23-45(50)53-56-51(43-21-8-11-24-48(43)59(56)40-17-4-2-5-18-40)55-52(57(53)61)44-22-9-12-25-49(44)60(55)41-19-6-3-7-20-41/h2-31,34H,32-33H2,1H3. The van der Waals surface area contributed by atoms with Gasteiger partial charge in [0.1, 0.15) is 0 Å². The Labute approximate surface area is 353 Å². The highest BCUT2D eigenvalue weighted by Gasteiger charge is 2.37. The van der Waals surface area contributed by atoms with Crippen LogP contribution in [0, 0.1) is 6.92 Å². The number of benzene rings is 9. The predicted molar refractivity (Wildman–Crippen MR) is 257 cm³/mol. The van der Waals surface area contributed by atoms with Crippen LogP contribution in [0.4, 0.5) is 0 Å². The van der Waals surface area contributed by atoms with E-state index in [4.69, 9.17) is 0 Å². The Kier molecular flexibility index (Phi) is 6.69. The van der Waals surface area contributed by atoms with Crippen molar-refractivity contribution in [3.8, 4) is 17.1 Å². The molecule has 0 bridgehead atoms. The number of rotatable bonds is 3. The van der Waals surface area contributed by atoms with Crippen molar-refractivity contribution in [1.82, 2.24) is 13.7 Å². The largest absolute Gasteiger partial charge is 0.308 e. The average molecular weight is 776 g/mol. The molecule has 3 aromatic heterocycles. The van der Waals surface area contributed by atoms with Gasteiger partial charge < -0.3 is 13.7 Å². The highest BCUT2D eigenvalue weighted by Crippen LogP contribution is 2.50. The minimum atomic E-state index is 0.239. The van der Waals surface area contributed by atoms with Crippen molar-refractivity contribution < 1.29 is 0 Å². The van der Waals surface area contributed by atoms with Crippen LogP contribution >= 0.6 is 0 Å². The maximum Gasteiger partial charge on any atom is 0.242 e. The molecule has 0 radical (unpaired) electrons. The first kappa shape index (κ1) is 33.3. The lowest BCUT2D eigenvalue weighted by Crippen LogP contribution is -2.61. The highest BCUT2D eigenvalue weighted by molar-refractivity contribution is 6.97. The maximum absolute atomic E-state index is 2.60. The Morgan fingerprint density at radius 3 is 1.30 bits per heavy atom. The second kappa shape index (κ2) is 12.3. The fourth-order valence-corrected chi connectivity index (χ4v) is 11.7. The highest BCUT2D eigenvalue weighted by atomic mass is 15.0. The van der Waals surface area contributed by atoms with Crippen LogP contribution in [0.25, 0.3) is 82.5 Å². The zero-order chi connectivity index (χ0) is 39.9. The van der Waals surface area contributed by atoms with Crippen LogP contribution in [-0.4, -0.2) is 20.4 Å². The molecular weight excluding hydrogens is 737 g/mol. The van der Waals surface area contributed by atoms with E-state index in [1.54, 1.807) is 0 Å². The number of aromatic nitrogens is 3. The zero-order valence-corrected chi connectivity index (χ0v) is 33.7. The van der Waals surface area contributed by atoms with Gasteiger partial charge in [-0.2, -0.15) is 0 Å². The molecule has 0 atom stereocenters. The second-order valence-corrected chi connectivity index (χ2v) is 17.3. The maximum atomic E-state index is 2.60. The quantitative estimate of drug-likeness (QED) is 0.159. The van der Waals surface area contributed by atoms with Gasteiger partial charge in [-0.25, -0.2) is 0 Å². The molecule has 14 rings (SSSR count). The Balaban J connectivity index is 1.18. The molecule has 0 unspecified atom stereocenters. The van der Waals surface area contributed by atoms with Gasteiger partial charge in [0.2, 0.25) is 6.71 Å². The summed E-state index contributed by atoms with van der Waals surface area (Å²) in [6, 6.07) is 70.6. The Morgan fingerprint density at radius 2 is 0.787 bits per heavy atom. The molecule has 9 aromatic carbocycles. The van der Waals surface area contributed by atoms with Gasteiger partial charge >= 0.3 is 0 Å². The van der Waals surface area contributed by atoms with Crippen LogP contribution in [0.2, 0.25) is 0 Å². The van der Waals surface area contributed by atoms with Crippen LogP contribution in [0.5, 0.6) is 0 Å². The molecule has 284 valence electrons. The van der Waals surface area contributed by atoms with Gasteiger partial charge in [0, 0.05) is 49.4 Å². The number of hydrogen-bond donors (Lipinski definition) is 0. The van der Waals surface area contributed by atoms with E-state index < -0.39 is 0 Å². The monoisotopic (exact) mass is 775 g/mol. The summed E-state index contributed by atoms with van der Waals surface area (Å²) in [5.41, 5.74) is 22.4. The summed E-state index contributed by atoms with van der Waals surface area (Å²) >= 11 is 0. The SMILES string of the molecule is Cc1ccc2c(c1)Cc1cccc3c1B2c1ccc(-n2c4ccccc4c4c5c(c6ccccc6n5-c5ccccc5)c5c(c6ccccc6n5-c5ccccc5)c42)cc1C3. The summed E-state index contributed by atoms with van der Waals surface area (Å²) in [4.78, 5) is 0. The number of aryl methyl sites for hydroxylation is 1. The molecule has 12 aromatic rings. The van der Waals surface area contributed by atoms with E-state index in [2.05, 4.69) is 209 Å². The van der Waals surface area contributed by atoms with E-state index in [-0.39, 0.29) is 6.71 Å². The van der Waals surface area contributed by atoms with Gasteiger partial charge in [0.25, 0.3) is 0 Å². The molecule has 0 saturated carbocycles. The fraction of sp³-hybridized carbons (Fsp3) is 0.0526. The molecule has 0 fully saturated rings. The van der Waals surface area contributed by atoms with E-state index in [0.29, 0.717) is 0 Å². The Hall–Kier alpha value is -7.56. The van der Waals surface area contributed by atoms with E-state index in [9.17, 15) is 0 Å². The first-order valence-corrected chi connectivity index (χ1v) is 21.6. The fourth-order valence-electron chi connectivity index (χ4n) is 11.7. The van der Waals surface area contributed by atoms with Crippen molar-refractivity contribution in [3.63, 3.8) is 0 Å². The summed E-state index contributed by atoms with van der Waals surface area (Å²) < 4.78 is 7.66. The van der Waals surface area contributed by atoms with Crippen LogP contribution < -0.4 is 16.4 Å². The molecule has 3 nitrogen and oxygen atoms in total. The van der Waals surface area contributed by atoms with Gasteiger partial charge in [0.15, 0.2) is 0 Å². The molecule has 2 aliphatic rings. The van der Waals surface area contributed by atoms with Gasteiger partial charge in [0.05, 0.1) is 33.1 Å². The van der Waals surface area contributed by atoms with Crippen molar-refractivity contribution in [2.45, 2.75) is 19.8 Å². The topological polar surface area (TPSA) is 14.8 Å². The minimum Gasteiger partial charge on any atom is -0.308 e. The van der Waals surface area contributed by atoms with E-state index in [1.165, 1.54) is 115 Å². The molecule has 2 aliphatic heterocycles. The lowest BCUT2D eigenvalue weighted by molar-refractivity contribution is 1.12. The number of para-hydroxylation sites is 5. The van der Waals surface area contributed by atoms with Crippen LogP contribution in [0.3, 0.4) is 0 Å². The zero-order valence-electron chi connectivity index (χ0n) is 33.7. The van der Waals surface area contributed by atoms with Crippen LogP contribution in [-0.2, 0) is 12.8 Å². The molecule has 0 aliphatic carbocycles. The summed E-state index contributed by atoms with van der Waals surface area (Å²) in [6.07, 6.45) is 1.93. The van der Waals surface area contributed by atoms with Gasteiger partial charge in [-0.3, -0.25) is 0 Å². The summed E-state index contributed by atoms with van der Waals surface area (Å²) in [7, 11) is 0. The normalized spacial score (nSPS) is 13.2. The average Bonchev–Trinajstić information content (AvgIpc) is 3.95. The number of nitrogens with zero attached hydrogens (tertiary/aromatic N) is 3. The first-order chi connectivity index (χ1) is 30.2. The minimum absolute atomic E-state index is 0.239. The van der Waals surface area contributed by atoms with Gasteiger partial charge in [-0.15, -0.1) is 0 Å². The van der Waals surface area contributed by atoms with Crippen molar-refractivity contribution in [2.75, 3.05) is 0 Å². The third-order valence-corrected chi connectivity index (χ3v) is 14.0. The summed E-state index contributed by atoms with van der Waals surface area (Å²) in [5, 5.41) is 7.58. The van der Waals surface area contributed by atoms with Crippen LogP contribution in [0.15, 0.2) is 188 Å². The molecule has 0 N–H and O–H groups in total. The summed E-state index contributed by atoms with van der Waals surface area (Å²) in [5.74, 6) is 0. The van der Waals surface area contributed by atoms with Gasteiger partial charge in [-0.1, -0.05) is 155 Å². The molecule has 4 heteroatoms. The van der Waals surface area contributed by atoms with E-state index >= 15 is 0 Å². The van der Waals surface area contributed by atoms with Crippen molar-refractivity contribution >= 4 is 88.5 Å². The molecule has 5 heterocycles. The summed E-state index contributed by atoms with van der Waals surface area (Å²) in [6.45, 7) is 2.46. The van der Waals surface area contributed by atoms with Gasteiger partial charge in [-0.05, 0) is 96.6 Å². The molecule has 0 spiro atoms. The lowest BCUT2D eigenvalue weighted by atomic mass is 9.30. The van der Waals surface area contributed by atoms with Crippen molar-refractivity contribution in [1.29, 1.82) is 0 Å². The molecule has 61 heavy (non-hydrogen) atoms. The third-order valence-electron chi connectivity index (χ3n) is 14.0. The predicted octanol–water partition coefficient (Wildman–Crippen LogP) is 11.6. The Morgan fingerprint density at radius 1 is 0.361 bits per heavy atom. The van der Waals surface area contributed by atoms with E-state index in [0.717, 1.165) is 24.2 Å². The second-order valence-electron chi connectivity index (χ2n) is 17.3. The van der Waals surface area contributed by atoms with Crippen molar-refractivity contribution in [2.24, 2.45) is 0 Å². The molecule has 0 amide bonds.